The van der Waals surface area contributed by atoms with Gasteiger partial charge in [-0.15, -0.1) is 0 Å². The van der Waals surface area contributed by atoms with Crippen LogP contribution in [0.3, 0.4) is 0 Å². The standard InChI is InChI=1S/C10H27N5/c11-5-3-1-2-4-10(13)15-9-8-14-7-6-12/h10,14-15H,1-9,11-13H2. The lowest BCUT2D eigenvalue weighted by molar-refractivity contribution is 0.463. The van der Waals surface area contributed by atoms with Crippen LogP contribution in [0.5, 0.6) is 0 Å². The van der Waals surface area contributed by atoms with Crippen LogP contribution < -0.4 is 27.8 Å². The van der Waals surface area contributed by atoms with Gasteiger partial charge >= 0.3 is 0 Å². The first kappa shape index (κ1) is 14.8. The average Bonchev–Trinajstić information content (AvgIpc) is 2.24. The van der Waals surface area contributed by atoms with E-state index in [0.717, 1.165) is 45.4 Å². The van der Waals surface area contributed by atoms with Gasteiger partial charge in [0, 0.05) is 26.2 Å². The SMILES string of the molecule is NCCCCCC(N)NCCNCCN. The minimum Gasteiger partial charge on any atom is -0.330 e. The molecule has 15 heavy (non-hydrogen) atoms. The highest BCUT2D eigenvalue weighted by Crippen LogP contribution is 1.99. The molecule has 0 aliphatic carbocycles. The van der Waals surface area contributed by atoms with Crippen LogP contribution in [0.2, 0.25) is 0 Å². The van der Waals surface area contributed by atoms with Crippen LogP contribution >= 0.6 is 0 Å². The van der Waals surface area contributed by atoms with E-state index in [1.54, 1.807) is 0 Å². The van der Waals surface area contributed by atoms with Crippen LogP contribution in [0.4, 0.5) is 0 Å². The molecule has 5 nitrogen and oxygen atoms in total. The summed E-state index contributed by atoms with van der Waals surface area (Å²) in [6.07, 6.45) is 4.57. The van der Waals surface area contributed by atoms with E-state index < -0.39 is 0 Å². The predicted molar refractivity (Wildman–Crippen MR) is 65.4 cm³/mol. The van der Waals surface area contributed by atoms with Gasteiger partial charge in [-0.25, -0.2) is 0 Å². The number of hydrogen-bond acceptors (Lipinski definition) is 5. The van der Waals surface area contributed by atoms with Crippen molar-refractivity contribution in [1.82, 2.24) is 10.6 Å². The summed E-state index contributed by atoms with van der Waals surface area (Å²) in [6.45, 7) is 4.16. The summed E-state index contributed by atoms with van der Waals surface area (Å²) in [7, 11) is 0. The summed E-state index contributed by atoms with van der Waals surface area (Å²) in [6, 6.07) is 0. The van der Waals surface area contributed by atoms with Gasteiger partial charge in [0.1, 0.15) is 0 Å². The molecule has 0 aromatic heterocycles. The van der Waals surface area contributed by atoms with Crippen LogP contribution in [-0.2, 0) is 0 Å². The van der Waals surface area contributed by atoms with E-state index in [1.165, 1.54) is 6.42 Å². The van der Waals surface area contributed by atoms with E-state index in [-0.39, 0.29) is 6.17 Å². The predicted octanol–water partition coefficient (Wildman–Crippen LogP) is -1.07. The van der Waals surface area contributed by atoms with Gasteiger partial charge in [-0.3, -0.25) is 0 Å². The Morgan fingerprint density at radius 1 is 0.867 bits per heavy atom. The van der Waals surface area contributed by atoms with Crippen LogP contribution in [0.25, 0.3) is 0 Å². The third kappa shape index (κ3) is 11.7. The third-order valence-corrected chi connectivity index (χ3v) is 2.25. The van der Waals surface area contributed by atoms with Crippen LogP contribution in [-0.4, -0.2) is 38.9 Å². The number of unbranched alkanes of at least 4 members (excludes halogenated alkanes) is 2. The number of rotatable bonds is 11. The summed E-state index contributed by atoms with van der Waals surface area (Å²) >= 11 is 0. The molecule has 1 unspecified atom stereocenters. The number of nitrogens with one attached hydrogen (secondary N) is 2. The van der Waals surface area contributed by atoms with Gasteiger partial charge in [0.15, 0.2) is 0 Å². The molecule has 0 saturated heterocycles. The van der Waals surface area contributed by atoms with Gasteiger partial charge in [0.05, 0.1) is 6.17 Å². The monoisotopic (exact) mass is 217 g/mol. The largest absolute Gasteiger partial charge is 0.330 e. The van der Waals surface area contributed by atoms with E-state index >= 15 is 0 Å². The molecular weight excluding hydrogens is 190 g/mol. The van der Waals surface area contributed by atoms with Crippen molar-refractivity contribution < 1.29 is 0 Å². The highest BCUT2D eigenvalue weighted by atomic mass is 15.0. The lowest BCUT2D eigenvalue weighted by atomic mass is 10.1. The van der Waals surface area contributed by atoms with Crippen molar-refractivity contribution in [2.75, 3.05) is 32.7 Å². The van der Waals surface area contributed by atoms with Crippen molar-refractivity contribution in [3.8, 4) is 0 Å². The van der Waals surface area contributed by atoms with Crippen molar-refractivity contribution in [2.24, 2.45) is 17.2 Å². The second-order valence-corrected chi connectivity index (χ2v) is 3.74. The van der Waals surface area contributed by atoms with Crippen LogP contribution in [0, 0.1) is 0 Å². The maximum atomic E-state index is 5.88. The van der Waals surface area contributed by atoms with Crippen molar-refractivity contribution in [2.45, 2.75) is 31.8 Å². The maximum absolute atomic E-state index is 5.88. The molecule has 0 spiro atoms. The molecule has 0 aromatic rings. The molecule has 8 N–H and O–H groups in total. The Bertz CT molecular complexity index is 120. The second kappa shape index (κ2) is 11.9. The topological polar surface area (TPSA) is 102 Å². The quantitative estimate of drug-likeness (QED) is 0.224. The molecule has 0 saturated carbocycles. The third-order valence-electron chi connectivity index (χ3n) is 2.25. The molecule has 5 heteroatoms. The molecule has 0 heterocycles. The fourth-order valence-electron chi connectivity index (χ4n) is 1.36. The number of nitrogens with two attached hydrogens (primary N) is 3. The first-order valence-electron chi connectivity index (χ1n) is 5.91. The van der Waals surface area contributed by atoms with Crippen LogP contribution in [0.1, 0.15) is 25.7 Å². The van der Waals surface area contributed by atoms with Crippen molar-refractivity contribution >= 4 is 0 Å². The molecule has 92 valence electrons. The minimum absolute atomic E-state index is 0.113. The highest BCUT2D eigenvalue weighted by molar-refractivity contribution is 4.60. The van der Waals surface area contributed by atoms with Crippen molar-refractivity contribution in [3.63, 3.8) is 0 Å². The van der Waals surface area contributed by atoms with Crippen LogP contribution in [0.15, 0.2) is 0 Å². The molecule has 1 atom stereocenters. The van der Waals surface area contributed by atoms with E-state index in [4.69, 9.17) is 17.2 Å². The Balaban J connectivity index is 3.08. The summed E-state index contributed by atoms with van der Waals surface area (Å²) in [5.41, 5.74) is 16.6. The summed E-state index contributed by atoms with van der Waals surface area (Å²) in [4.78, 5) is 0. The second-order valence-electron chi connectivity index (χ2n) is 3.74. The number of hydrogen-bond donors (Lipinski definition) is 5. The lowest BCUT2D eigenvalue weighted by Gasteiger charge is -2.13. The van der Waals surface area contributed by atoms with Crippen molar-refractivity contribution in [3.05, 3.63) is 0 Å². The van der Waals surface area contributed by atoms with E-state index in [1.807, 2.05) is 0 Å². The molecule has 0 rings (SSSR count). The van der Waals surface area contributed by atoms with Gasteiger partial charge in [0.25, 0.3) is 0 Å². The minimum atomic E-state index is 0.113. The Morgan fingerprint density at radius 3 is 2.33 bits per heavy atom. The van der Waals surface area contributed by atoms with Gasteiger partial charge in [-0.05, 0) is 19.4 Å². The van der Waals surface area contributed by atoms with Crippen molar-refractivity contribution in [1.29, 1.82) is 0 Å². The molecule has 0 bridgehead atoms. The van der Waals surface area contributed by atoms with E-state index in [0.29, 0.717) is 6.54 Å². The highest BCUT2D eigenvalue weighted by Gasteiger charge is 1.99. The van der Waals surface area contributed by atoms with E-state index in [9.17, 15) is 0 Å². The molecule has 0 amide bonds. The van der Waals surface area contributed by atoms with Gasteiger partial charge in [0.2, 0.25) is 0 Å². The zero-order valence-corrected chi connectivity index (χ0v) is 9.67. The normalized spacial score (nSPS) is 13.0. The fourth-order valence-corrected chi connectivity index (χ4v) is 1.36. The molecule has 0 aliphatic rings. The van der Waals surface area contributed by atoms with Gasteiger partial charge < -0.3 is 27.8 Å². The first-order valence-corrected chi connectivity index (χ1v) is 5.91. The molecule has 0 aromatic carbocycles. The summed E-state index contributed by atoms with van der Waals surface area (Å²) in [5.74, 6) is 0. The lowest BCUT2D eigenvalue weighted by Crippen LogP contribution is -2.41. The maximum Gasteiger partial charge on any atom is 0.0546 e. The molecular formula is C10H27N5. The fraction of sp³-hybridized carbons (Fsp3) is 1.00. The molecule has 0 radical (unpaired) electrons. The molecule has 0 fully saturated rings. The van der Waals surface area contributed by atoms with Gasteiger partial charge in [-0.2, -0.15) is 0 Å². The smallest absolute Gasteiger partial charge is 0.0546 e. The first-order chi connectivity index (χ1) is 7.31. The Hall–Kier alpha value is -0.200. The average molecular weight is 217 g/mol. The zero-order valence-electron chi connectivity index (χ0n) is 9.67. The van der Waals surface area contributed by atoms with Gasteiger partial charge in [-0.1, -0.05) is 12.8 Å². The summed E-state index contributed by atoms with van der Waals surface area (Å²) < 4.78 is 0. The molecule has 0 aliphatic heterocycles. The Kier molecular flexibility index (Phi) is 11.7. The Morgan fingerprint density at radius 2 is 1.67 bits per heavy atom. The Labute approximate surface area is 93.1 Å². The zero-order chi connectivity index (χ0) is 11.4. The summed E-state index contributed by atoms with van der Waals surface area (Å²) in [5, 5.41) is 6.47. The van der Waals surface area contributed by atoms with E-state index in [2.05, 4.69) is 10.6 Å².